The van der Waals surface area contributed by atoms with Gasteiger partial charge in [-0.15, -0.1) is 0 Å². The fourth-order valence-corrected chi connectivity index (χ4v) is 1.86. The molecule has 5 nitrogen and oxygen atoms in total. The average molecular weight is 337 g/mol. The van der Waals surface area contributed by atoms with E-state index >= 15 is 0 Å². The number of rotatable bonds is 5. The molecule has 0 aliphatic carbocycles. The number of aromatic nitrogens is 3. The molecule has 1 N–H and O–H groups in total. The maximum atomic E-state index is 12.0. The van der Waals surface area contributed by atoms with Crippen LogP contribution in [0.3, 0.4) is 0 Å². The van der Waals surface area contributed by atoms with E-state index in [-0.39, 0.29) is 5.56 Å². The van der Waals surface area contributed by atoms with Crippen LogP contribution in [0.15, 0.2) is 39.9 Å². The first kappa shape index (κ1) is 14.7. The van der Waals surface area contributed by atoms with Crippen LogP contribution in [0.5, 0.6) is 0 Å². The second-order valence-corrected chi connectivity index (χ2v) is 5.90. The van der Waals surface area contributed by atoms with E-state index < -0.39 is 0 Å². The third kappa shape index (κ3) is 4.16. The Morgan fingerprint density at radius 3 is 2.75 bits per heavy atom. The highest BCUT2D eigenvalue weighted by Crippen LogP contribution is 2.08. The molecule has 6 heteroatoms. The van der Waals surface area contributed by atoms with E-state index in [2.05, 4.69) is 45.2 Å². The van der Waals surface area contributed by atoms with Gasteiger partial charge in [0.1, 0.15) is 0 Å². The maximum Gasteiger partial charge on any atom is 0.269 e. The van der Waals surface area contributed by atoms with Crippen molar-refractivity contribution in [2.45, 2.75) is 20.4 Å². The lowest BCUT2D eigenvalue weighted by molar-refractivity contribution is 0.626. The van der Waals surface area contributed by atoms with Crippen molar-refractivity contribution in [3.63, 3.8) is 0 Å². The van der Waals surface area contributed by atoms with Crippen molar-refractivity contribution >= 4 is 21.6 Å². The average Bonchev–Trinajstić information content (AvgIpc) is 2.41. The molecule has 2 aromatic heterocycles. The van der Waals surface area contributed by atoms with Gasteiger partial charge in [-0.25, -0.2) is 4.68 Å². The van der Waals surface area contributed by atoms with Crippen molar-refractivity contribution < 1.29 is 0 Å². The predicted octanol–water partition coefficient (Wildman–Crippen LogP) is 2.52. The number of nitrogens with one attached hydrogen (secondary N) is 1. The summed E-state index contributed by atoms with van der Waals surface area (Å²) < 4.78 is 2.31. The highest BCUT2D eigenvalue weighted by molar-refractivity contribution is 9.10. The van der Waals surface area contributed by atoms with Gasteiger partial charge < -0.3 is 5.32 Å². The van der Waals surface area contributed by atoms with Crippen molar-refractivity contribution in [3.8, 4) is 0 Å². The molecule has 0 saturated carbocycles. The molecule has 2 aromatic rings. The quantitative estimate of drug-likeness (QED) is 0.911. The van der Waals surface area contributed by atoms with Gasteiger partial charge in [0, 0.05) is 23.3 Å². The van der Waals surface area contributed by atoms with Crippen molar-refractivity contribution in [2.24, 2.45) is 5.92 Å². The molecule has 0 amide bonds. The van der Waals surface area contributed by atoms with Crippen LogP contribution in [0.2, 0.25) is 0 Å². The summed E-state index contributed by atoms with van der Waals surface area (Å²) in [4.78, 5) is 16.2. The van der Waals surface area contributed by atoms with Gasteiger partial charge in [-0.3, -0.25) is 9.78 Å². The summed E-state index contributed by atoms with van der Waals surface area (Å²) in [6.45, 7) is 5.41. The van der Waals surface area contributed by atoms with Crippen LogP contribution in [0.1, 0.15) is 19.5 Å². The Bertz CT molecular complexity index is 622. The minimum absolute atomic E-state index is 0.136. The van der Waals surface area contributed by atoms with E-state index in [1.165, 1.54) is 4.68 Å². The molecule has 0 bridgehead atoms. The Hall–Kier alpha value is -1.69. The van der Waals surface area contributed by atoms with E-state index in [9.17, 15) is 4.79 Å². The molecule has 2 rings (SSSR count). The van der Waals surface area contributed by atoms with Gasteiger partial charge in [-0.1, -0.05) is 13.8 Å². The topological polar surface area (TPSA) is 59.8 Å². The molecule has 0 aromatic carbocycles. The van der Waals surface area contributed by atoms with Crippen LogP contribution in [-0.4, -0.2) is 21.3 Å². The van der Waals surface area contributed by atoms with E-state index in [1.54, 1.807) is 18.5 Å². The normalized spacial score (nSPS) is 10.8. The Morgan fingerprint density at radius 1 is 1.35 bits per heavy atom. The zero-order valence-corrected chi connectivity index (χ0v) is 13.1. The fourth-order valence-electron chi connectivity index (χ4n) is 1.62. The summed E-state index contributed by atoms with van der Waals surface area (Å²) >= 11 is 3.33. The smallest absolute Gasteiger partial charge is 0.269 e. The van der Waals surface area contributed by atoms with Crippen molar-refractivity contribution in [1.82, 2.24) is 14.8 Å². The van der Waals surface area contributed by atoms with Crippen LogP contribution in [0, 0.1) is 5.92 Å². The van der Waals surface area contributed by atoms with E-state index in [0.29, 0.717) is 12.5 Å². The van der Waals surface area contributed by atoms with Crippen molar-refractivity contribution in [3.05, 3.63) is 51.1 Å². The highest BCUT2D eigenvalue weighted by Gasteiger charge is 2.03. The molecule has 0 spiro atoms. The van der Waals surface area contributed by atoms with Crippen LogP contribution >= 0.6 is 15.9 Å². The standard InChI is InChI=1S/C14H17BrN4O/c1-10(2)6-16-13-5-14(20)19(18-8-13)9-12-4-3-11(15)7-17-12/h3-5,7-8,10,16H,6,9H2,1-2H3. The minimum atomic E-state index is -0.136. The lowest BCUT2D eigenvalue weighted by Gasteiger charge is -2.09. The molecule has 20 heavy (non-hydrogen) atoms. The van der Waals surface area contributed by atoms with Crippen LogP contribution in [0.4, 0.5) is 5.69 Å². The van der Waals surface area contributed by atoms with Gasteiger partial charge in [-0.05, 0) is 34.0 Å². The Kier molecular flexibility index (Phi) is 4.89. The summed E-state index contributed by atoms with van der Waals surface area (Å²) in [7, 11) is 0. The number of halogens is 1. The Labute approximate surface area is 126 Å². The number of hydrogen-bond donors (Lipinski definition) is 1. The molecule has 0 fully saturated rings. The van der Waals surface area contributed by atoms with E-state index in [0.717, 1.165) is 22.4 Å². The Morgan fingerprint density at radius 2 is 2.15 bits per heavy atom. The van der Waals surface area contributed by atoms with E-state index in [4.69, 9.17) is 0 Å². The summed E-state index contributed by atoms with van der Waals surface area (Å²) in [5, 5.41) is 7.35. The van der Waals surface area contributed by atoms with Gasteiger partial charge in [0.25, 0.3) is 5.56 Å². The predicted molar refractivity (Wildman–Crippen MR) is 82.9 cm³/mol. The molecule has 0 aliphatic heterocycles. The third-order valence-electron chi connectivity index (χ3n) is 2.68. The molecule has 0 saturated heterocycles. The molecule has 0 unspecified atom stereocenters. The second-order valence-electron chi connectivity index (χ2n) is 4.98. The van der Waals surface area contributed by atoms with Gasteiger partial charge in [0.2, 0.25) is 0 Å². The molecule has 0 aliphatic rings. The minimum Gasteiger partial charge on any atom is -0.383 e. The molecule has 0 radical (unpaired) electrons. The monoisotopic (exact) mass is 336 g/mol. The van der Waals surface area contributed by atoms with E-state index in [1.807, 2.05) is 12.1 Å². The molecular formula is C14H17BrN4O. The number of anilines is 1. The van der Waals surface area contributed by atoms with Crippen molar-refractivity contribution in [1.29, 1.82) is 0 Å². The summed E-state index contributed by atoms with van der Waals surface area (Å²) in [5.41, 5.74) is 1.41. The zero-order chi connectivity index (χ0) is 14.5. The molecular weight excluding hydrogens is 320 g/mol. The third-order valence-corrected chi connectivity index (χ3v) is 3.15. The first-order chi connectivity index (χ1) is 9.54. The molecule has 2 heterocycles. The zero-order valence-electron chi connectivity index (χ0n) is 11.5. The number of nitrogens with zero attached hydrogens (tertiary/aromatic N) is 3. The van der Waals surface area contributed by atoms with Crippen molar-refractivity contribution in [2.75, 3.05) is 11.9 Å². The first-order valence-corrected chi connectivity index (χ1v) is 7.25. The van der Waals surface area contributed by atoms with Gasteiger partial charge >= 0.3 is 0 Å². The summed E-state index contributed by atoms with van der Waals surface area (Å²) in [6, 6.07) is 5.32. The lowest BCUT2D eigenvalue weighted by Crippen LogP contribution is -2.24. The van der Waals surface area contributed by atoms with Crippen LogP contribution in [-0.2, 0) is 6.54 Å². The Balaban J connectivity index is 2.09. The van der Waals surface area contributed by atoms with Gasteiger partial charge in [0.05, 0.1) is 24.1 Å². The van der Waals surface area contributed by atoms with Crippen LogP contribution < -0.4 is 10.9 Å². The first-order valence-electron chi connectivity index (χ1n) is 6.46. The lowest BCUT2D eigenvalue weighted by atomic mass is 10.2. The highest BCUT2D eigenvalue weighted by atomic mass is 79.9. The molecule has 106 valence electrons. The number of hydrogen-bond acceptors (Lipinski definition) is 4. The molecule has 0 atom stereocenters. The largest absolute Gasteiger partial charge is 0.383 e. The number of pyridine rings is 1. The maximum absolute atomic E-state index is 12.0. The SMILES string of the molecule is CC(C)CNc1cnn(Cc2ccc(Br)cn2)c(=O)c1. The summed E-state index contributed by atoms with van der Waals surface area (Å²) in [6.07, 6.45) is 3.38. The fraction of sp³-hybridized carbons (Fsp3) is 0.357. The van der Waals surface area contributed by atoms with Gasteiger partial charge in [0.15, 0.2) is 0 Å². The van der Waals surface area contributed by atoms with Gasteiger partial charge in [-0.2, -0.15) is 5.10 Å². The van der Waals surface area contributed by atoms with Crippen LogP contribution in [0.25, 0.3) is 0 Å². The second kappa shape index (κ2) is 6.65. The summed E-state index contributed by atoms with van der Waals surface area (Å²) in [5.74, 6) is 0.518.